The lowest BCUT2D eigenvalue weighted by Crippen LogP contribution is -2.56. The number of hydrogen-bond acceptors (Lipinski definition) is 2. The van der Waals surface area contributed by atoms with Gasteiger partial charge >= 0.3 is 0 Å². The zero-order valence-electron chi connectivity index (χ0n) is 8.59. The van der Waals surface area contributed by atoms with Gasteiger partial charge in [0.05, 0.1) is 6.61 Å². The fraction of sp³-hybridized carbons (Fsp3) is 0.500. The molecule has 0 bridgehead atoms. The van der Waals surface area contributed by atoms with Crippen LogP contribution in [0.2, 0.25) is 0 Å². The molecule has 1 aromatic rings. The maximum Gasteiger partial charge on any atom is 0.0515 e. The van der Waals surface area contributed by atoms with Crippen molar-refractivity contribution >= 4 is 0 Å². The summed E-state index contributed by atoms with van der Waals surface area (Å²) in [6.07, 6.45) is 0.984. The topological polar surface area (TPSA) is 32.3 Å². The third-order valence-corrected chi connectivity index (χ3v) is 3.00. The molecule has 0 spiro atoms. The maximum atomic E-state index is 9.33. The van der Waals surface area contributed by atoms with Crippen LogP contribution < -0.4 is 5.32 Å². The summed E-state index contributed by atoms with van der Waals surface area (Å²) in [4.78, 5) is 0. The average Bonchev–Trinajstić information content (AvgIpc) is 2.11. The Morgan fingerprint density at radius 1 is 1.43 bits per heavy atom. The van der Waals surface area contributed by atoms with Crippen molar-refractivity contribution in [3.8, 4) is 0 Å². The summed E-state index contributed by atoms with van der Waals surface area (Å²) in [7, 11) is 0. The van der Waals surface area contributed by atoms with Crippen LogP contribution in [-0.2, 0) is 6.42 Å². The summed E-state index contributed by atoms with van der Waals surface area (Å²) in [5, 5.41) is 12.6. The second kappa shape index (κ2) is 3.71. The minimum Gasteiger partial charge on any atom is -0.396 e. The molecular weight excluding hydrogens is 174 g/mol. The van der Waals surface area contributed by atoms with Gasteiger partial charge in [-0.15, -0.1) is 0 Å². The third-order valence-electron chi connectivity index (χ3n) is 3.00. The van der Waals surface area contributed by atoms with Crippen molar-refractivity contribution in [1.29, 1.82) is 0 Å². The van der Waals surface area contributed by atoms with Crippen LogP contribution in [-0.4, -0.2) is 24.8 Å². The first-order valence-electron chi connectivity index (χ1n) is 5.11. The van der Waals surface area contributed by atoms with Gasteiger partial charge in [0.2, 0.25) is 0 Å². The molecule has 1 aliphatic rings. The maximum absolute atomic E-state index is 9.33. The van der Waals surface area contributed by atoms with E-state index >= 15 is 0 Å². The molecule has 14 heavy (non-hydrogen) atoms. The Hall–Kier alpha value is -0.860. The second-order valence-corrected chi connectivity index (χ2v) is 4.43. The molecule has 1 aliphatic heterocycles. The first-order valence-corrected chi connectivity index (χ1v) is 5.11. The highest BCUT2D eigenvalue weighted by atomic mass is 16.3. The van der Waals surface area contributed by atoms with Crippen molar-refractivity contribution in [1.82, 2.24) is 5.32 Å². The SMILES string of the molecule is Cc1cccc(CC2(CO)CNC2)c1. The van der Waals surface area contributed by atoms with Gasteiger partial charge in [-0.1, -0.05) is 29.8 Å². The fourth-order valence-electron chi connectivity index (χ4n) is 2.03. The average molecular weight is 191 g/mol. The first-order chi connectivity index (χ1) is 6.74. The highest BCUT2D eigenvalue weighted by Crippen LogP contribution is 2.27. The third kappa shape index (κ3) is 1.81. The van der Waals surface area contributed by atoms with Gasteiger partial charge in [-0.25, -0.2) is 0 Å². The molecular formula is C12H17NO. The molecule has 0 aromatic heterocycles. The minimum absolute atomic E-state index is 0.105. The molecule has 2 heteroatoms. The number of benzene rings is 1. The van der Waals surface area contributed by atoms with Crippen molar-refractivity contribution in [3.63, 3.8) is 0 Å². The minimum atomic E-state index is 0.105. The van der Waals surface area contributed by atoms with Crippen molar-refractivity contribution in [2.75, 3.05) is 19.7 Å². The normalized spacial score (nSPS) is 19.0. The zero-order chi connectivity index (χ0) is 10.0. The molecule has 1 heterocycles. The molecule has 0 unspecified atom stereocenters. The van der Waals surface area contributed by atoms with Crippen LogP contribution in [0.5, 0.6) is 0 Å². The van der Waals surface area contributed by atoms with Crippen LogP contribution in [0.1, 0.15) is 11.1 Å². The Morgan fingerprint density at radius 2 is 2.21 bits per heavy atom. The summed E-state index contributed by atoms with van der Waals surface area (Å²) in [5.41, 5.74) is 2.73. The molecule has 1 saturated heterocycles. The number of nitrogens with one attached hydrogen (secondary N) is 1. The molecule has 2 N–H and O–H groups in total. The van der Waals surface area contributed by atoms with Gasteiger partial charge in [0.1, 0.15) is 0 Å². The smallest absolute Gasteiger partial charge is 0.0515 e. The van der Waals surface area contributed by atoms with Gasteiger partial charge in [0.15, 0.2) is 0 Å². The van der Waals surface area contributed by atoms with E-state index in [4.69, 9.17) is 0 Å². The Bertz CT molecular complexity index is 312. The van der Waals surface area contributed by atoms with E-state index in [1.54, 1.807) is 0 Å². The van der Waals surface area contributed by atoms with E-state index in [0.717, 1.165) is 19.5 Å². The molecule has 2 rings (SSSR count). The molecule has 0 aliphatic carbocycles. The van der Waals surface area contributed by atoms with E-state index in [9.17, 15) is 5.11 Å². The summed E-state index contributed by atoms with van der Waals surface area (Å²) < 4.78 is 0. The lowest BCUT2D eigenvalue weighted by molar-refractivity contribution is 0.0687. The van der Waals surface area contributed by atoms with Crippen LogP contribution in [0, 0.1) is 12.3 Å². The first kappa shape index (κ1) is 9.69. The van der Waals surface area contributed by atoms with Gasteiger partial charge in [0.25, 0.3) is 0 Å². The predicted molar refractivity (Wildman–Crippen MR) is 57.3 cm³/mol. The van der Waals surface area contributed by atoms with E-state index in [1.165, 1.54) is 11.1 Å². The van der Waals surface area contributed by atoms with Crippen LogP contribution in [0.3, 0.4) is 0 Å². The van der Waals surface area contributed by atoms with Gasteiger partial charge in [0, 0.05) is 18.5 Å². The Morgan fingerprint density at radius 3 is 2.71 bits per heavy atom. The lowest BCUT2D eigenvalue weighted by Gasteiger charge is -2.41. The van der Waals surface area contributed by atoms with E-state index in [2.05, 4.69) is 36.5 Å². The Balaban J connectivity index is 2.09. The fourth-order valence-corrected chi connectivity index (χ4v) is 2.03. The van der Waals surface area contributed by atoms with Crippen LogP contribution in [0.15, 0.2) is 24.3 Å². The number of aliphatic hydroxyl groups excluding tert-OH is 1. The van der Waals surface area contributed by atoms with Crippen molar-refractivity contribution in [2.24, 2.45) is 5.41 Å². The highest BCUT2D eigenvalue weighted by molar-refractivity contribution is 5.24. The standard InChI is InChI=1S/C12H17NO/c1-10-3-2-4-11(5-10)6-12(9-14)7-13-8-12/h2-5,13-14H,6-9H2,1H3. The number of aliphatic hydroxyl groups is 1. The summed E-state index contributed by atoms with van der Waals surface area (Å²) in [5.74, 6) is 0. The predicted octanol–water partition coefficient (Wildman–Crippen LogP) is 1.12. The zero-order valence-corrected chi connectivity index (χ0v) is 8.59. The van der Waals surface area contributed by atoms with Gasteiger partial charge in [-0.05, 0) is 18.9 Å². The van der Waals surface area contributed by atoms with Gasteiger partial charge < -0.3 is 10.4 Å². The Kier molecular flexibility index (Phi) is 2.57. The van der Waals surface area contributed by atoms with Crippen LogP contribution in [0.25, 0.3) is 0 Å². The Labute approximate surface area is 85.0 Å². The quantitative estimate of drug-likeness (QED) is 0.750. The molecule has 0 radical (unpaired) electrons. The van der Waals surface area contributed by atoms with Crippen molar-refractivity contribution < 1.29 is 5.11 Å². The van der Waals surface area contributed by atoms with Crippen LogP contribution in [0.4, 0.5) is 0 Å². The van der Waals surface area contributed by atoms with Crippen molar-refractivity contribution in [3.05, 3.63) is 35.4 Å². The van der Waals surface area contributed by atoms with Crippen molar-refractivity contribution in [2.45, 2.75) is 13.3 Å². The van der Waals surface area contributed by atoms with E-state index < -0.39 is 0 Å². The molecule has 1 fully saturated rings. The molecule has 0 atom stereocenters. The highest BCUT2D eigenvalue weighted by Gasteiger charge is 2.36. The van der Waals surface area contributed by atoms with E-state index in [0.29, 0.717) is 0 Å². The summed E-state index contributed by atoms with van der Waals surface area (Å²) >= 11 is 0. The summed E-state index contributed by atoms with van der Waals surface area (Å²) in [6, 6.07) is 8.54. The molecule has 2 nitrogen and oxygen atoms in total. The van der Waals surface area contributed by atoms with Crippen LogP contribution >= 0.6 is 0 Å². The number of rotatable bonds is 3. The molecule has 76 valence electrons. The summed E-state index contributed by atoms with van der Waals surface area (Å²) in [6.45, 7) is 4.27. The molecule has 0 amide bonds. The van der Waals surface area contributed by atoms with Gasteiger partial charge in [-0.3, -0.25) is 0 Å². The monoisotopic (exact) mass is 191 g/mol. The number of hydrogen-bond donors (Lipinski definition) is 2. The van der Waals surface area contributed by atoms with Gasteiger partial charge in [-0.2, -0.15) is 0 Å². The molecule has 1 aromatic carbocycles. The number of aryl methyl sites for hydroxylation is 1. The molecule has 0 saturated carbocycles. The largest absolute Gasteiger partial charge is 0.396 e. The second-order valence-electron chi connectivity index (χ2n) is 4.43. The van der Waals surface area contributed by atoms with E-state index in [-0.39, 0.29) is 12.0 Å². The van der Waals surface area contributed by atoms with E-state index in [1.807, 2.05) is 0 Å². The lowest BCUT2D eigenvalue weighted by atomic mass is 9.77.